The van der Waals surface area contributed by atoms with Gasteiger partial charge in [0, 0.05) is 35.9 Å². The van der Waals surface area contributed by atoms with Crippen LogP contribution in [0.4, 0.5) is 0 Å². The van der Waals surface area contributed by atoms with Crippen molar-refractivity contribution >= 4 is 41.6 Å². The van der Waals surface area contributed by atoms with Crippen molar-refractivity contribution in [3.63, 3.8) is 0 Å². The first-order valence-corrected chi connectivity index (χ1v) is 8.54. The summed E-state index contributed by atoms with van der Waals surface area (Å²) >= 11 is 0. The Morgan fingerprint density at radius 3 is 2.36 bits per heavy atom. The van der Waals surface area contributed by atoms with Crippen molar-refractivity contribution in [3.8, 4) is 11.1 Å². The van der Waals surface area contributed by atoms with Gasteiger partial charge in [0.2, 0.25) is 5.91 Å². The molecule has 3 rings (SSSR count). The highest BCUT2D eigenvalue weighted by molar-refractivity contribution is 6.01. The molecule has 0 spiro atoms. The van der Waals surface area contributed by atoms with E-state index in [4.69, 9.17) is 11.5 Å². The van der Waals surface area contributed by atoms with Crippen molar-refractivity contribution in [2.75, 3.05) is 0 Å². The maximum Gasteiger partial charge on any atom is 0.277 e. The molecule has 4 N–H and O–H groups in total. The topological polar surface area (TPSA) is 104 Å². The van der Waals surface area contributed by atoms with E-state index in [2.05, 4.69) is 4.98 Å². The number of benzene rings is 1. The van der Waals surface area contributed by atoms with Gasteiger partial charge >= 0.3 is 0 Å². The minimum Gasteiger partial charge on any atom is -0.366 e. The molecule has 1 aromatic carbocycles. The molecule has 8 heteroatoms. The summed E-state index contributed by atoms with van der Waals surface area (Å²) in [4.78, 5) is 28.9. The van der Waals surface area contributed by atoms with Crippen LogP contribution in [0.25, 0.3) is 22.0 Å². The highest BCUT2D eigenvalue weighted by atomic mass is 35.5. The smallest absolute Gasteiger partial charge is 0.277 e. The summed E-state index contributed by atoms with van der Waals surface area (Å²) in [5.74, 6) is -0.317. The zero-order valence-corrected chi connectivity index (χ0v) is 17.3. The van der Waals surface area contributed by atoms with Gasteiger partial charge in [-0.2, -0.15) is 0 Å². The molecule has 1 amide bonds. The van der Waals surface area contributed by atoms with Gasteiger partial charge in [0.1, 0.15) is 5.52 Å². The van der Waals surface area contributed by atoms with E-state index in [0.717, 1.165) is 16.8 Å². The fraction of sp³-hybridized carbons (Fsp3) is 0.250. The van der Waals surface area contributed by atoms with Crippen molar-refractivity contribution in [2.45, 2.75) is 26.9 Å². The molecule has 150 valence electrons. The molecule has 0 aliphatic rings. The summed E-state index contributed by atoms with van der Waals surface area (Å²) in [6.45, 7) is 4.83. The largest absolute Gasteiger partial charge is 0.366 e. The van der Waals surface area contributed by atoms with E-state index in [0.29, 0.717) is 17.4 Å². The first-order valence-electron chi connectivity index (χ1n) is 8.54. The minimum atomic E-state index is -0.584. The number of halogens is 2. The molecular weight excluding hydrogens is 399 g/mol. The van der Waals surface area contributed by atoms with Crippen LogP contribution in [0.5, 0.6) is 0 Å². The summed E-state index contributed by atoms with van der Waals surface area (Å²) < 4.78 is 1.70. The van der Waals surface area contributed by atoms with E-state index in [1.165, 1.54) is 6.20 Å². The number of carbonyl (C=O) groups excluding carboxylic acids is 1. The average molecular weight is 423 g/mol. The Bertz CT molecular complexity index is 1030. The number of nitrogens with zero attached hydrogens (tertiary/aromatic N) is 2. The number of primary amides is 1. The van der Waals surface area contributed by atoms with Gasteiger partial charge < -0.3 is 16.0 Å². The Balaban J connectivity index is 0.00000196. The molecule has 0 aliphatic carbocycles. The van der Waals surface area contributed by atoms with Crippen LogP contribution in [-0.2, 0) is 13.1 Å². The molecule has 0 fully saturated rings. The van der Waals surface area contributed by atoms with Crippen molar-refractivity contribution < 1.29 is 4.79 Å². The first-order chi connectivity index (χ1) is 12.4. The number of hydrogen-bond acceptors (Lipinski definition) is 4. The zero-order chi connectivity index (χ0) is 18.8. The van der Waals surface area contributed by atoms with Crippen LogP contribution in [0.1, 0.15) is 29.9 Å². The molecule has 0 radical (unpaired) electrons. The Morgan fingerprint density at radius 2 is 1.82 bits per heavy atom. The van der Waals surface area contributed by atoms with Gasteiger partial charge in [0.05, 0.1) is 5.56 Å². The molecule has 0 saturated heterocycles. The number of carbonyl (C=O) groups is 1. The van der Waals surface area contributed by atoms with E-state index in [9.17, 15) is 9.59 Å². The lowest BCUT2D eigenvalue weighted by Crippen LogP contribution is -2.29. The molecule has 0 saturated carbocycles. The lowest BCUT2D eigenvalue weighted by molar-refractivity contribution is 0.1000. The number of aromatic nitrogens is 2. The summed E-state index contributed by atoms with van der Waals surface area (Å²) in [5, 5.41) is 0.595. The van der Waals surface area contributed by atoms with Crippen LogP contribution in [0, 0.1) is 5.92 Å². The van der Waals surface area contributed by atoms with Crippen LogP contribution in [0.15, 0.2) is 47.4 Å². The van der Waals surface area contributed by atoms with Gasteiger partial charge in [-0.25, -0.2) is 4.98 Å². The molecular formula is C20H24Cl2N4O2. The normalized spacial score (nSPS) is 10.4. The molecule has 2 aromatic heterocycles. The fourth-order valence-electron chi connectivity index (χ4n) is 3.20. The number of rotatable bonds is 5. The Morgan fingerprint density at radius 1 is 1.18 bits per heavy atom. The quantitative estimate of drug-likeness (QED) is 0.658. The van der Waals surface area contributed by atoms with Crippen LogP contribution in [0.3, 0.4) is 0 Å². The number of amides is 1. The third-order valence-corrected chi connectivity index (χ3v) is 4.31. The van der Waals surface area contributed by atoms with Gasteiger partial charge in [-0.1, -0.05) is 44.2 Å². The lowest BCUT2D eigenvalue weighted by atomic mass is 9.97. The van der Waals surface area contributed by atoms with Gasteiger partial charge in [-0.05, 0) is 17.5 Å². The maximum atomic E-state index is 13.0. The highest BCUT2D eigenvalue weighted by Gasteiger charge is 2.19. The third kappa shape index (κ3) is 4.35. The van der Waals surface area contributed by atoms with Gasteiger partial charge in [-0.3, -0.25) is 9.59 Å². The molecule has 28 heavy (non-hydrogen) atoms. The summed E-state index contributed by atoms with van der Waals surface area (Å²) in [7, 11) is 0. The first kappa shape index (κ1) is 23.6. The second kappa shape index (κ2) is 9.68. The molecule has 6 nitrogen and oxygen atoms in total. The van der Waals surface area contributed by atoms with Crippen LogP contribution < -0.4 is 17.0 Å². The number of pyridine rings is 2. The monoisotopic (exact) mass is 422 g/mol. The van der Waals surface area contributed by atoms with Crippen LogP contribution in [-0.4, -0.2) is 15.5 Å². The molecule has 3 aromatic rings. The molecule has 0 atom stereocenters. The van der Waals surface area contributed by atoms with Crippen LogP contribution >= 0.6 is 24.8 Å². The van der Waals surface area contributed by atoms with Crippen molar-refractivity contribution in [2.24, 2.45) is 17.4 Å². The lowest BCUT2D eigenvalue weighted by Gasteiger charge is -2.20. The predicted octanol–water partition coefficient (Wildman–Crippen LogP) is 3.12. The maximum absolute atomic E-state index is 13.0. The fourth-order valence-corrected chi connectivity index (χ4v) is 3.20. The van der Waals surface area contributed by atoms with Crippen molar-refractivity contribution in [1.82, 2.24) is 9.55 Å². The second-order valence-corrected chi connectivity index (χ2v) is 6.69. The number of hydrogen-bond donors (Lipinski definition) is 2. The molecule has 2 heterocycles. The predicted molar refractivity (Wildman–Crippen MR) is 117 cm³/mol. The SMILES string of the molecule is CC(C)Cn1c(CN)c(-c2ccccc2)c2cc(C(N)=O)cnc2c1=O.Cl.Cl. The summed E-state index contributed by atoms with van der Waals surface area (Å²) in [6, 6.07) is 11.3. The van der Waals surface area contributed by atoms with E-state index in [1.54, 1.807) is 10.6 Å². The summed E-state index contributed by atoms with van der Waals surface area (Å²) in [6.07, 6.45) is 1.35. The zero-order valence-electron chi connectivity index (χ0n) is 15.7. The second-order valence-electron chi connectivity index (χ2n) is 6.69. The van der Waals surface area contributed by atoms with Gasteiger partial charge in [-0.15, -0.1) is 24.8 Å². The Labute approximate surface area is 175 Å². The summed E-state index contributed by atoms with van der Waals surface area (Å²) in [5.41, 5.74) is 14.3. The standard InChI is InChI=1S/C20H22N4O2.2ClH/c1-12(2)11-24-16(9-21)17(13-6-4-3-5-7-13)15-8-14(19(22)25)10-23-18(15)20(24)26;;/h3-8,10,12H,9,11,21H2,1-2H3,(H2,22,25);2*1H. The minimum absolute atomic E-state index is 0. The van der Waals surface area contributed by atoms with Gasteiger partial charge in [0.25, 0.3) is 5.56 Å². The average Bonchev–Trinajstić information content (AvgIpc) is 2.63. The molecule has 0 unspecified atom stereocenters. The van der Waals surface area contributed by atoms with E-state index >= 15 is 0 Å². The molecule has 0 aliphatic heterocycles. The van der Waals surface area contributed by atoms with E-state index in [-0.39, 0.29) is 48.4 Å². The van der Waals surface area contributed by atoms with Gasteiger partial charge in [0.15, 0.2) is 0 Å². The van der Waals surface area contributed by atoms with Crippen LogP contribution in [0.2, 0.25) is 0 Å². The number of fused-ring (bicyclic) bond motifs is 1. The third-order valence-electron chi connectivity index (χ3n) is 4.31. The highest BCUT2D eigenvalue weighted by Crippen LogP contribution is 2.30. The van der Waals surface area contributed by atoms with E-state index < -0.39 is 5.91 Å². The molecule has 0 bridgehead atoms. The number of nitrogens with two attached hydrogens (primary N) is 2. The Hall–Kier alpha value is -2.41. The Kier molecular flexibility index (Phi) is 8.17. The van der Waals surface area contributed by atoms with Crippen molar-refractivity contribution in [1.29, 1.82) is 0 Å². The van der Waals surface area contributed by atoms with E-state index in [1.807, 2.05) is 44.2 Å². The van der Waals surface area contributed by atoms with Crippen molar-refractivity contribution in [3.05, 3.63) is 64.2 Å².